The molecule has 0 aromatic rings. The average molecular weight is 294 g/mol. The van der Waals surface area contributed by atoms with Crippen LogP contribution in [0.1, 0.15) is 73.1 Å². The van der Waals surface area contributed by atoms with Crippen molar-refractivity contribution in [2.45, 2.75) is 91.4 Å². The van der Waals surface area contributed by atoms with Gasteiger partial charge in [-0.25, -0.2) is 0 Å². The van der Waals surface area contributed by atoms with Gasteiger partial charge in [-0.1, -0.05) is 41.0 Å². The summed E-state index contributed by atoms with van der Waals surface area (Å²) < 4.78 is 0. The van der Waals surface area contributed by atoms with Crippen LogP contribution in [0, 0.1) is 17.8 Å². The van der Waals surface area contributed by atoms with Crippen molar-refractivity contribution in [3.8, 4) is 0 Å². The standard InChI is InChI=1S/C18H34N2O/c1-6-7-16-18(21)20(17(19-16)8-12(2)3)15-10-13(4)9-14(5)11-15/h12-17,19H,6-11H2,1-5H3. The second-order valence-electron chi connectivity index (χ2n) is 7.97. The molecule has 1 aliphatic carbocycles. The lowest BCUT2D eigenvalue weighted by Gasteiger charge is -2.40. The third-order valence-electron chi connectivity index (χ3n) is 5.10. The minimum atomic E-state index is 0.0614. The fourth-order valence-corrected chi connectivity index (χ4v) is 4.41. The van der Waals surface area contributed by atoms with E-state index in [4.69, 9.17) is 0 Å². The molecule has 0 aromatic heterocycles. The second kappa shape index (κ2) is 7.13. The molecule has 2 aliphatic rings. The van der Waals surface area contributed by atoms with Crippen LogP contribution in [0.3, 0.4) is 0 Å². The SMILES string of the molecule is CCCC1NC(CC(C)C)N(C2CC(C)CC(C)C2)C1=O. The Bertz CT molecular complexity index is 345. The minimum absolute atomic E-state index is 0.0614. The maximum atomic E-state index is 12.9. The van der Waals surface area contributed by atoms with Gasteiger partial charge in [0.1, 0.15) is 0 Å². The Morgan fingerprint density at radius 1 is 1.19 bits per heavy atom. The van der Waals surface area contributed by atoms with E-state index in [0.29, 0.717) is 17.9 Å². The number of nitrogens with one attached hydrogen (secondary N) is 1. The molecule has 3 heteroatoms. The Kier molecular flexibility index (Phi) is 5.70. The van der Waals surface area contributed by atoms with Crippen molar-refractivity contribution in [1.82, 2.24) is 10.2 Å². The number of rotatable bonds is 5. The lowest BCUT2D eigenvalue weighted by molar-refractivity contribution is -0.133. The Morgan fingerprint density at radius 2 is 1.81 bits per heavy atom. The molecule has 4 unspecified atom stereocenters. The van der Waals surface area contributed by atoms with Gasteiger partial charge in [0, 0.05) is 6.04 Å². The molecular weight excluding hydrogens is 260 g/mol. The van der Waals surface area contributed by atoms with Gasteiger partial charge in [0.05, 0.1) is 12.2 Å². The fourth-order valence-electron chi connectivity index (χ4n) is 4.41. The van der Waals surface area contributed by atoms with Crippen molar-refractivity contribution in [1.29, 1.82) is 0 Å². The number of amides is 1. The minimum Gasteiger partial charge on any atom is -0.323 e. The van der Waals surface area contributed by atoms with Crippen LogP contribution in [0.5, 0.6) is 0 Å². The molecule has 1 N–H and O–H groups in total. The number of hydrogen-bond acceptors (Lipinski definition) is 2. The summed E-state index contributed by atoms with van der Waals surface area (Å²) in [5.74, 6) is 2.48. The Hall–Kier alpha value is -0.570. The predicted molar refractivity (Wildman–Crippen MR) is 87.9 cm³/mol. The van der Waals surface area contributed by atoms with E-state index in [2.05, 4.69) is 44.8 Å². The molecule has 1 saturated heterocycles. The van der Waals surface area contributed by atoms with Crippen molar-refractivity contribution in [2.24, 2.45) is 17.8 Å². The monoisotopic (exact) mass is 294 g/mol. The quantitative estimate of drug-likeness (QED) is 0.837. The highest BCUT2D eigenvalue weighted by Crippen LogP contribution is 2.35. The van der Waals surface area contributed by atoms with Crippen LogP contribution in [0.25, 0.3) is 0 Å². The van der Waals surface area contributed by atoms with Crippen LogP contribution in [0.2, 0.25) is 0 Å². The number of carbonyl (C=O) groups excluding carboxylic acids is 1. The van der Waals surface area contributed by atoms with Gasteiger partial charge in [-0.15, -0.1) is 0 Å². The molecule has 0 radical (unpaired) electrons. The lowest BCUT2D eigenvalue weighted by Crippen LogP contribution is -2.48. The molecule has 0 bridgehead atoms. The van der Waals surface area contributed by atoms with Gasteiger partial charge in [-0.2, -0.15) is 0 Å². The first-order valence-electron chi connectivity index (χ1n) is 9.00. The van der Waals surface area contributed by atoms with Crippen molar-refractivity contribution < 1.29 is 4.79 Å². The molecule has 21 heavy (non-hydrogen) atoms. The largest absolute Gasteiger partial charge is 0.323 e. The van der Waals surface area contributed by atoms with E-state index in [1.54, 1.807) is 0 Å². The van der Waals surface area contributed by atoms with E-state index >= 15 is 0 Å². The third kappa shape index (κ3) is 4.00. The van der Waals surface area contributed by atoms with E-state index < -0.39 is 0 Å². The molecule has 0 spiro atoms. The van der Waals surface area contributed by atoms with Crippen LogP contribution in [0.15, 0.2) is 0 Å². The normalized spacial score (nSPS) is 37.5. The van der Waals surface area contributed by atoms with Crippen molar-refractivity contribution in [2.75, 3.05) is 0 Å². The molecule has 122 valence electrons. The van der Waals surface area contributed by atoms with Gasteiger partial charge in [0.2, 0.25) is 5.91 Å². The summed E-state index contributed by atoms with van der Waals surface area (Å²) in [5.41, 5.74) is 0. The molecule has 1 saturated carbocycles. The molecule has 2 rings (SSSR count). The number of hydrogen-bond donors (Lipinski definition) is 1. The summed E-state index contributed by atoms with van der Waals surface area (Å²) in [7, 11) is 0. The molecular formula is C18H34N2O. The van der Waals surface area contributed by atoms with Gasteiger partial charge in [0.25, 0.3) is 0 Å². The second-order valence-corrected chi connectivity index (χ2v) is 7.97. The highest BCUT2D eigenvalue weighted by atomic mass is 16.2. The maximum Gasteiger partial charge on any atom is 0.241 e. The zero-order valence-corrected chi connectivity index (χ0v) is 14.6. The summed E-state index contributed by atoms with van der Waals surface area (Å²) in [4.78, 5) is 15.1. The van der Waals surface area contributed by atoms with Crippen LogP contribution in [0.4, 0.5) is 0 Å². The fraction of sp³-hybridized carbons (Fsp3) is 0.944. The Morgan fingerprint density at radius 3 is 2.33 bits per heavy atom. The first-order chi connectivity index (χ1) is 9.92. The van der Waals surface area contributed by atoms with Crippen LogP contribution < -0.4 is 5.32 Å². The topological polar surface area (TPSA) is 32.3 Å². The maximum absolute atomic E-state index is 12.9. The number of nitrogens with zero attached hydrogens (tertiary/aromatic N) is 1. The Labute approximate surface area is 130 Å². The van der Waals surface area contributed by atoms with Crippen molar-refractivity contribution in [3.05, 3.63) is 0 Å². The van der Waals surface area contributed by atoms with E-state index in [1.165, 1.54) is 19.3 Å². The molecule has 1 amide bonds. The highest BCUT2D eigenvalue weighted by Gasteiger charge is 2.43. The molecule has 1 aliphatic heterocycles. The van der Waals surface area contributed by atoms with Gasteiger partial charge in [-0.05, 0) is 49.9 Å². The zero-order valence-electron chi connectivity index (χ0n) is 14.6. The summed E-state index contributed by atoms with van der Waals surface area (Å²) in [6.07, 6.45) is 7.07. The third-order valence-corrected chi connectivity index (χ3v) is 5.10. The molecule has 1 heterocycles. The summed E-state index contributed by atoms with van der Waals surface area (Å²) in [5, 5.41) is 3.63. The number of carbonyl (C=O) groups is 1. The van der Waals surface area contributed by atoms with E-state index in [9.17, 15) is 4.79 Å². The van der Waals surface area contributed by atoms with Crippen LogP contribution in [-0.4, -0.2) is 29.1 Å². The smallest absolute Gasteiger partial charge is 0.241 e. The molecule has 4 atom stereocenters. The first kappa shape index (κ1) is 16.8. The van der Waals surface area contributed by atoms with E-state index in [1.807, 2.05) is 0 Å². The van der Waals surface area contributed by atoms with E-state index in [-0.39, 0.29) is 12.2 Å². The van der Waals surface area contributed by atoms with Gasteiger partial charge < -0.3 is 4.90 Å². The van der Waals surface area contributed by atoms with Crippen LogP contribution >= 0.6 is 0 Å². The van der Waals surface area contributed by atoms with Crippen LogP contribution in [-0.2, 0) is 4.79 Å². The van der Waals surface area contributed by atoms with E-state index in [0.717, 1.165) is 31.1 Å². The van der Waals surface area contributed by atoms with Crippen molar-refractivity contribution in [3.63, 3.8) is 0 Å². The van der Waals surface area contributed by atoms with Crippen molar-refractivity contribution >= 4 is 5.91 Å². The zero-order chi connectivity index (χ0) is 15.6. The summed E-state index contributed by atoms with van der Waals surface area (Å²) in [6, 6.07) is 0.514. The predicted octanol–water partition coefficient (Wildman–Crippen LogP) is 3.78. The average Bonchev–Trinajstić information content (AvgIpc) is 2.64. The van der Waals surface area contributed by atoms with Gasteiger partial charge >= 0.3 is 0 Å². The summed E-state index contributed by atoms with van der Waals surface area (Å²) >= 11 is 0. The molecule has 2 fully saturated rings. The first-order valence-corrected chi connectivity index (χ1v) is 9.00. The Balaban J connectivity index is 2.13. The summed E-state index contributed by atoms with van der Waals surface area (Å²) in [6.45, 7) is 11.4. The van der Waals surface area contributed by atoms with Gasteiger partial charge in [-0.3, -0.25) is 10.1 Å². The lowest BCUT2D eigenvalue weighted by atomic mass is 9.79. The molecule has 3 nitrogen and oxygen atoms in total. The highest BCUT2D eigenvalue weighted by molar-refractivity contribution is 5.84. The molecule has 0 aromatic carbocycles. The van der Waals surface area contributed by atoms with Gasteiger partial charge in [0.15, 0.2) is 0 Å².